The number of amides is 1. The topological polar surface area (TPSA) is 55.4 Å². The van der Waals surface area contributed by atoms with E-state index in [4.69, 9.17) is 16.3 Å². The largest absolute Gasteiger partial charge is 0.448 e. The molecule has 1 aliphatic carbocycles. The van der Waals surface area contributed by atoms with Crippen LogP contribution >= 0.6 is 11.6 Å². The number of carbonyl (C=O) groups is 2. The van der Waals surface area contributed by atoms with Crippen LogP contribution in [-0.2, 0) is 16.0 Å². The smallest absolute Gasteiger partial charge is 0.411 e. The molecule has 0 heterocycles. The number of ether oxygens (including phenoxy) is 1. The molecule has 0 saturated heterocycles. The zero-order valence-corrected chi connectivity index (χ0v) is 17.2. The Morgan fingerprint density at radius 1 is 0.867 bits per heavy atom. The predicted octanol–water partition coefficient (Wildman–Crippen LogP) is 6.14. The summed E-state index contributed by atoms with van der Waals surface area (Å²) in [4.78, 5) is 23.5. The fourth-order valence-corrected chi connectivity index (χ4v) is 4.16. The molecule has 0 radical (unpaired) electrons. The van der Waals surface area contributed by atoms with E-state index in [9.17, 15) is 9.59 Å². The van der Waals surface area contributed by atoms with Crippen LogP contribution in [0.1, 0.15) is 35.4 Å². The second-order valence-corrected chi connectivity index (χ2v) is 7.74. The number of para-hydroxylation sites is 1. The summed E-state index contributed by atoms with van der Waals surface area (Å²) in [5, 5.41) is 2.49. The third-order valence-electron chi connectivity index (χ3n) is 5.42. The molecule has 0 fully saturated rings. The highest BCUT2D eigenvalue weighted by Crippen LogP contribution is 2.44. The zero-order chi connectivity index (χ0) is 20.9. The van der Waals surface area contributed by atoms with Crippen molar-refractivity contribution in [2.75, 3.05) is 11.9 Å². The number of halogens is 1. The van der Waals surface area contributed by atoms with Crippen LogP contribution < -0.4 is 5.32 Å². The van der Waals surface area contributed by atoms with Crippen molar-refractivity contribution in [3.05, 3.63) is 89.5 Å². The van der Waals surface area contributed by atoms with E-state index in [1.54, 1.807) is 0 Å². The molecule has 0 aromatic heterocycles. The molecule has 1 aliphatic rings. The molecule has 30 heavy (non-hydrogen) atoms. The average Bonchev–Trinajstić information content (AvgIpc) is 3.07. The van der Waals surface area contributed by atoms with E-state index in [1.807, 2.05) is 48.5 Å². The molecule has 3 aromatic carbocycles. The molecule has 0 atom stereocenters. The molecule has 5 heteroatoms. The standard InChI is InChI=1S/C25H22ClNO3/c26-24(28)15-7-9-17-8-1-6-14-23(17)27-25(29)30-16-22-20-12-4-2-10-18(20)19-11-3-5-13-21(19)22/h1-6,8,10-14,22H,7,9,15-16H2,(H,27,29). The van der Waals surface area contributed by atoms with Gasteiger partial charge in [0.2, 0.25) is 5.24 Å². The van der Waals surface area contributed by atoms with Gasteiger partial charge in [-0.2, -0.15) is 0 Å². The van der Waals surface area contributed by atoms with Crippen molar-refractivity contribution in [3.8, 4) is 11.1 Å². The molecule has 0 spiro atoms. The van der Waals surface area contributed by atoms with Crippen molar-refractivity contribution in [1.82, 2.24) is 0 Å². The quantitative estimate of drug-likeness (QED) is 0.468. The van der Waals surface area contributed by atoms with Crippen LogP contribution in [0.15, 0.2) is 72.8 Å². The molecule has 152 valence electrons. The number of nitrogens with one attached hydrogen (secondary N) is 1. The summed E-state index contributed by atoms with van der Waals surface area (Å²) in [6, 6.07) is 24.0. The maximum atomic E-state index is 12.5. The second-order valence-electron chi connectivity index (χ2n) is 7.32. The summed E-state index contributed by atoms with van der Waals surface area (Å²) in [7, 11) is 0. The van der Waals surface area contributed by atoms with Crippen LogP contribution in [0.5, 0.6) is 0 Å². The Balaban J connectivity index is 1.42. The number of aryl methyl sites for hydroxylation is 1. The molecular weight excluding hydrogens is 398 g/mol. The Kier molecular flexibility index (Phi) is 6.15. The molecule has 0 bridgehead atoms. The summed E-state index contributed by atoms with van der Waals surface area (Å²) >= 11 is 5.41. The van der Waals surface area contributed by atoms with Crippen LogP contribution in [0, 0.1) is 0 Å². The van der Waals surface area contributed by atoms with Crippen LogP contribution in [0.2, 0.25) is 0 Å². The Bertz CT molecular complexity index is 1030. The predicted molar refractivity (Wildman–Crippen MR) is 119 cm³/mol. The number of anilines is 1. The summed E-state index contributed by atoms with van der Waals surface area (Å²) in [5.74, 6) is 0.0214. The molecule has 3 aromatic rings. The SMILES string of the molecule is O=C(Cl)CCCc1ccccc1NC(=O)OCC1c2ccccc2-c2ccccc21. The summed E-state index contributed by atoms with van der Waals surface area (Å²) in [6.45, 7) is 0.267. The van der Waals surface area contributed by atoms with Gasteiger partial charge < -0.3 is 4.74 Å². The fourth-order valence-electron chi connectivity index (χ4n) is 4.02. The van der Waals surface area contributed by atoms with Gasteiger partial charge in [0.25, 0.3) is 0 Å². The minimum Gasteiger partial charge on any atom is -0.448 e. The van der Waals surface area contributed by atoms with E-state index in [2.05, 4.69) is 29.6 Å². The van der Waals surface area contributed by atoms with Crippen LogP contribution in [-0.4, -0.2) is 17.9 Å². The van der Waals surface area contributed by atoms with Crippen molar-refractivity contribution >= 4 is 28.6 Å². The maximum absolute atomic E-state index is 12.5. The summed E-state index contributed by atoms with van der Waals surface area (Å²) < 4.78 is 5.62. The molecule has 1 N–H and O–H groups in total. The lowest BCUT2D eigenvalue weighted by Gasteiger charge is -2.15. The first-order valence-electron chi connectivity index (χ1n) is 10.0. The number of carbonyl (C=O) groups excluding carboxylic acids is 2. The van der Waals surface area contributed by atoms with E-state index in [0.29, 0.717) is 24.9 Å². The Hall–Kier alpha value is -3.11. The van der Waals surface area contributed by atoms with Gasteiger partial charge in [0, 0.05) is 18.0 Å². The van der Waals surface area contributed by atoms with Gasteiger partial charge in [-0.15, -0.1) is 0 Å². The summed E-state index contributed by atoms with van der Waals surface area (Å²) in [5.41, 5.74) is 6.39. The summed E-state index contributed by atoms with van der Waals surface area (Å²) in [6.07, 6.45) is 1.10. The van der Waals surface area contributed by atoms with Gasteiger partial charge in [-0.3, -0.25) is 10.1 Å². The molecule has 4 nitrogen and oxygen atoms in total. The van der Waals surface area contributed by atoms with E-state index < -0.39 is 6.09 Å². The maximum Gasteiger partial charge on any atom is 0.411 e. The Labute approximate surface area is 180 Å². The second kappa shape index (κ2) is 9.14. The Morgan fingerprint density at radius 2 is 1.47 bits per heavy atom. The zero-order valence-electron chi connectivity index (χ0n) is 16.4. The van der Waals surface area contributed by atoms with Crippen molar-refractivity contribution in [1.29, 1.82) is 0 Å². The first-order chi connectivity index (χ1) is 14.6. The van der Waals surface area contributed by atoms with Crippen molar-refractivity contribution in [2.45, 2.75) is 25.2 Å². The van der Waals surface area contributed by atoms with Crippen molar-refractivity contribution in [3.63, 3.8) is 0 Å². The number of hydrogen-bond acceptors (Lipinski definition) is 3. The monoisotopic (exact) mass is 419 g/mol. The van der Waals surface area contributed by atoms with Crippen LogP contribution in [0.4, 0.5) is 10.5 Å². The van der Waals surface area contributed by atoms with Crippen molar-refractivity contribution in [2.24, 2.45) is 0 Å². The normalized spacial score (nSPS) is 12.2. The molecule has 4 rings (SSSR count). The van der Waals surface area contributed by atoms with Gasteiger partial charge in [-0.1, -0.05) is 66.7 Å². The lowest BCUT2D eigenvalue weighted by Crippen LogP contribution is -2.18. The van der Waals surface area contributed by atoms with Gasteiger partial charge in [0.1, 0.15) is 6.61 Å². The average molecular weight is 420 g/mol. The third-order valence-corrected chi connectivity index (χ3v) is 5.61. The van der Waals surface area contributed by atoms with Crippen LogP contribution in [0.3, 0.4) is 0 Å². The molecule has 1 amide bonds. The minimum absolute atomic E-state index is 0.0214. The van der Waals surface area contributed by atoms with E-state index in [1.165, 1.54) is 22.3 Å². The highest BCUT2D eigenvalue weighted by Gasteiger charge is 2.29. The van der Waals surface area contributed by atoms with Crippen molar-refractivity contribution < 1.29 is 14.3 Å². The first kappa shape index (κ1) is 20.2. The van der Waals surface area contributed by atoms with Crippen LogP contribution in [0.25, 0.3) is 11.1 Å². The lowest BCUT2D eigenvalue weighted by atomic mass is 9.98. The highest BCUT2D eigenvalue weighted by atomic mass is 35.5. The van der Waals surface area contributed by atoms with E-state index in [-0.39, 0.29) is 17.8 Å². The molecule has 0 saturated carbocycles. The van der Waals surface area contributed by atoms with Gasteiger partial charge in [0.15, 0.2) is 0 Å². The lowest BCUT2D eigenvalue weighted by molar-refractivity contribution is -0.111. The number of rotatable bonds is 7. The van der Waals surface area contributed by atoms with Gasteiger partial charge in [0.05, 0.1) is 0 Å². The minimum atomic E-state index is -0.488. The number of fused-ring (bicyclic) bond motifs is 3. The van der Waals surface area contributed by atoms with Gasteiger partial charge in [-0.05, 0) is 58.3 Å². The van der Waals surface area contributed by atoms with E-state index in [0.717, 1.165) is 5.56 Å². The number of hydrogen-bond donors (Lipinski definition) is 1. The first-order valence-corrected chi connectivity index (χ1v) is 10.4. The molecular formula is C25H22ClNO3. The van der Waals surface area contributed by atoms with E-state index >= 15 is 0 Å². The van der Waals surface area contributed by atoms with Gasteiger partial charge in [-0.25, -0.2) is 4.79 Å². The molecule has 0 unspecified atom stereocenters. The number of benzene rings is 3. The van der Waals surface area contributed by atoms with Gasteiger partial charge >= 0.3 is 6.09 Å². The fraction of sp³-hybridized carbons (Fsp3) is 0.200. The molecule has 0 aliphatic heterocycles. The highest BCUT2D eigenvalue weighted by molar-refractivity contribution is 6.63. The Morgan fingerprint density at radius 3 is 2.13 bits per heavy atom. The third kappa shape index (κ3) is 4.39.